The van der Waals surface area contributed by atoms with Crippen LogP contribution >= 0.6 is 11.8 Å². The summed E-state index contributed by atoms with van der Waals surface area (Å²) in [5.41, 5.74) is 2.81. The van der Waals surface area contributed by atoms with Gasteiger partial charge in [0.25, 0.3) is 5.91 Å². The van der Waals surface area contributed by atoms with Crippen molar-refractivity contribution < 1.29 is 9.59 Å². The van der Waals surface area contributed by atoms with Gasteiger partial charge in [-0.05, 0) is 17.2 Å². The highest BCUT2D eigenvalue weighted by molar-refractivity contribution is 7.99. The van der Waals surface area contributed by atoms with Gasteiger partial charge >= 0.3 is 0 Å². The fraction of sp³-hybridized carbons (Fsp3) is 0.222. The van der Waals surface area contributed by atoms with E-state index in [1.165, 1.54) is 0 Å². The Morgan fingerprint density at radius 1 is 1.13 bits per heavy atom. The minimum absolute atomic E-state index is 0.0221. The van der Waals surface area contributed by atoms with Gasteiger partial charge in [-0.25, -0.2) is 0 Å². The van der Waals surface area contributed by atoms with E-state index in [9.17, 15) is 9.59 Å². The lowest BCUT2D eigenvalue weighted by Crippen LogP contribution is -2.45. The molecule has 2 amide bonds. The normalized spacial score (nSPS) is 21.9. The third-order valence-electron chi connectivity index (χ3n) is 4.30. The van der Waals surface area contributed by atoms with E-state index in [4.69, 9.17) is 0 Å². The second kappa shape index (κ2) is 5.74. The summed E-state index contributed by atoms with van der Waals surface area (Å²) < 4.78 is 0. The van der Waals surface area contributed by atoms with Crippen molar-refractivity contribution in [2.75, 3.05) is 5.75 Å². The van der Waals surface area contributed by atoms with Crippen LogP contribution in [0.3, 0.4) is 0 Å². The summed E-state index contributed by atoms with van der Waals surface area (Å²) in [4.78, 5) is 26.9. The molecule has 5 heteroatoms. The first-order valence-corrected chi connectivity index (χ1v) is 8.65. The van der Waals surface area contributed by atoms with E-state index in [0.29, 0.717) is 12.3 Å². The smallest absolute Gasteiger partial charge is 0.256 e. The lowest BCUT2D eigenvalue weighted by atomic mass is 10.1. The summed E-state index contributed by atoms with van der Waals surface area (Å²) in [5, 5.41) is 2.93. The molecule has 23 heavy (non-hydrogen) atoms. The molecule has 2 aromatic carbocycles. The minimum Gasteiger partial charge on any atom is -0.350 e. The van der Waals surface area contributed by atoms with Crippen molar-refractivity contribution in [2.45, 2.75) is 18.0 Å². The molecule has 1 N–H and O–H groups in total. The van der Waals surface area contributed by atoms with E-state index in [0.717, 1.165) is 16.7 Å². The Morgan fingerprint density at radius 3 is 2.70 bits per heavy atom. The summed E-state index contributed by atoms with van der Waals surface area (Å²) >= 11 is 1.66. The first kappa shape index (κ1) is 14.3. The number of amides is 2. The highest BCUT2D eigenvalue weighted by Gasteiger charge is 2.48. The SMILES string of the molecule is O=C(NCc1ccccc1)C1CS[C@@H]2c3ccccc3C(=O)N12. The molecule has 0 spiro atoms. The number of fused-ring (bicyclic) bond motifs is 3. The molecule has 4 rings (SSSR count). The fourth-order valence-electron chi connectivity index (χ4n) is 3.15. The van der Waals surface area contributed by atoms with Gasteiger partial charge in [0.05, 0.1) is 0 Å². The van der Waals surface area contributed by atoms with Crippen molar-refractivity contribution >= 4 is 23.6 Å². The highest BCUT2D eigenvalue weighted by atomic mass is 32.2. The number of carbonyl (C=O) groups excluding carboxylic acids is 2. The summed E-state index contributed by atoms with van der Waals surface area (Å²) in [6, 6.07) is 17.0. The second-order valence-electron chi connectivity index (χ2n) is 5.70. The number of carbonyl (C=O) groups is 2. The Hall–Kier alpha value is -2.27. The Morgan fingerprint density at radius 2 is 1.87 bits per heavy atom. The largest absolute Gasteiger partial charge is 0.350 e. The van der Waals surface area contributed by atoms with E-state index in [1.807, 2.05) is 54.6 Å². The van der Waals surface area contributed by atoms with Crippen molar-refractivity contribution in [3.63, 3.8) is 0 Å². The van der Waals surface area contributed by atoms with Gasteiger partial charge in [-0.3, -0.25) is 9.59 Å². The molecule has 0 aliphatic carbocycles. The van der Waals surface area contributed by atoms with Crippen molar-refractivity contribution in [1.29, 1.82) is 0 Å². The standard InChI is InChI=1S/C18H16N2O2S/c21-16(19-10-12-6-2-1-3-7-12)15-11-23-18-14-9-5-4-8-13(14)17(22)20(15)18/h1-9,15,18H,10-11H2,(H,19,21)/t15?,18-/m1/s1. The number of rotatable bonds is 3. The van der Waals surface area contributed by atoms with E-state index in [2.05, 4.69) is 5.32 Å². The maximum Gasteiger partial charge on any atom is 0.256 e. The topological polar surface area (TPSA) is 49.4 Å². The van der Waals surface area contributed by atoms with E-state index in [-0.39, 0.29) is 17.2 Å². The van der Waals surface area contributed by atoms with Gasteiger partial charge in [-0.1, -0.05) is 48.5 Å². The van der Waals surface area contributed by atoms with Crippen LogP contribution < -0.4 is 5.32 Å². The van der Waals surface area contributed by atoms with E-state index in [1.54, 1.807) is 16.7 Å². The molecule has 0 radical (unpaired) electrons. The first-order chi connectivity index (χ1) is 11.3. The van der Waals surface area contributed by atoms with Crippen LogP contribution in [-0.2, 0) is 11.3 Å². The molecule has 2 aliphatic rings. The van der Waals surface area contributed by atoms with Crippen molar-refractivity contribution in [2.24, 2.45) is 0 Å². The number of thioether (sulfide) groups is 1. The molecule has 1 saturated heterocycles. The van der Waals surface area contributed by atoms with Crippen LogP contribution in [0.25, 0.3) is 0 Å². The Balaban J connectivity index is 1.49. The molecule has 1 unspecified atom stereocenters. The molecule has 0 aromatic heterocycles. The molecular formula is C18H16N2O2S. The number of benzene rings is 2. The monoisotopic (exact) mass is 324 g/mol. The zero-order chi connectivity index (χ0) is 15.8. The summed E-state index contributed by atoms with van der Waals surface area (Å²) in [6.07, 6.45) is 0. The van der Waals surface area contributed by atoms with E-state index < -0.39 is 6.04 Å². The molecule has 0 bridgehead atoms. The van der Waals surface area contributed by atoms with Gasteiger partial charge < -0.3 is 10.2 Å². The Labute approximate surface area is 138 Å². The van der Waals surface area contributed by atoms with Crippen LogP contribution in [0.1, 0.15) is 26.9 Å². The zero-order valence-corrected chi connectivity index (χ0v) is 13.3. The van der Waals surface area contributed by atoms with Crippen LogP contribution in [0.5, 0.6) is 0 Å². The molecule has 116 valence electrons. The molecular weight excluding hydrogens is 308 g/mol. The lowest BCUT2D eigenvalue weighted by molar-refractivity contribution is -0.124. The molecule has 2 aliphatic heterocycles. The third kappa shape index (κ3) is 2.41. The predicted octanol–water partition coefficient (Wildman–Crippen LogP) is 2.57. The second-order valence-corrected chi connectivity index (χ2v) is 6.82. The van der Waals surface area contributed by atoms with E-state index >= 15 is 0 Å². The maximum atomic E-state index is 12.6. The molecule has 2 atom stereocenters. The molecule has 2 aromatic rings. The first-order valence-electron chi connectivity index (χ1n) is 7.60. The van der Waals surface area contributed by atoms with Crippen LogP contribution in [-0.4, -0.2) is 28.5 Å². The van der Waals surface area contributed by atoms with Gasteiger partial charge in [-0.2, -0.15) is 0 Å². The average Bonchev–Trinajstić information content (AvgIpc) is 3.15. The van der Waals surface area contributed by atoms with Crippen LogP contribution in [0.2, 0.25) is 0 Å². The van der Waals surface area contributed by atoms with Gasteiger partial charge in [0, 0.05) is 17.9 Å². The molecule has 2 heterocycles. The van der Waals surface area contributed by atoms with Gasteiger partial charge in [-0.15, -0.1) is 11.8 Å². The van der Waals surface area contributed by atoms with Crippen molar-refractivity contribution in [3.05, 3.63) is 71.3 Å². The zero-order valence-electron chi connectivity index (χ0n) is 12.4. The predicted molar refractivity (Wildman–Crippen MR) is 89.9 cm³/mol. The molecule has 4 nitrogen and oxygen atoms in total. The summed E-state index contributed by atoms with van der Waals surface area (Å²) in [5.74, 6) is 0.534. The number of hydrogen-bond donors (Lipinski definition) is 1. The number of nitrogens with one attached hydrogen (secondary N) is 1. The highest BCUT2D eigenvalue weighted by Crippen LogP contribution is 2.47. The summed E-state index contributed by atoms with van der Waals surface area (Å²) in [7, 11) is 0. The quantitative estimate of drug-likeness (QED) is 0.944. The fourth-order valence-corrected chi connectivity index (χ4v) is 4.61. The van der Waals surface area contributed by atoms with Gasteiger partial charge in [0.1, 0.15) is 11.4 Å². The molecule has 0 saturated carbocycles. The van der Waals surface area contributed by atoms with Crippen molar-refractivity contribution in [1.82, 2.24) is 10.2 Å². The van der Waals surface area contributed by atoms with Crippen LogP contribution in [0.4, 0.5) is 0 Å². The van der Waals surface area contributed by atoms with Crippen LogP contribution in [0, 0.1) is 0 Å². The number of hydrogen-bond acceptors (Lipinski definition) is 3. The lowest BCUT2D eigenvalue weighted by Gasteiger charge is -2.22. The number of nitrogens with zero attached hydrogens (tertiary/aromatic N) is 1. The third-order valence-corrected chi connectivity index (χ3v) is 5.61. The molecule has 1 fully saturated rings. The van der Waals surface area contributed by atoms with Gasteiger partial charge in [0.2, 0.25) is 5.91 Å². The van der Waals surface area contributed by atoms with Crippen LogP contribution in [0.15, 0.2) is 54.6 Å². The summed E-state index contributed by atoms with van der Waals surface area (Å²) in [6.45, 7) is 0.487. The Kier molecular flexibility index (Phi) is 3.58. The van der Waals surface area contributed by atoms with Gasteiger partial charge in [0.15, 0.2) is 0 Å². The Bertz CT molecular complexity index is 763. The average molecular weight is 324 g/mol. The maximum absolute atomic E-state index is 12.6. The minimum atomic E-state index is -0.395. The van der Waals surface area contributed by atoms with Crippen molar-refractivity contribution in [3.8, 4) is 0 Å².